The van der Waals surface area contributed by atoms with Crippen molar-refractivity contribution in [2.45, 2.75) is 6.54 Å². The zero-order chi connectivity index (χ0) is 24.8. The predicted molar refractivity (Wildman–Crippen MR) is 133 cm³/mol. The molecule has 1 amide bonds. The van der Waals surface area contributed by atoms with E-state index in [1.165, 1.54) is 0 Å². The van der Waals surface area contributed by atoms with Crippen molar-refractivity contribution in [2.75, 3.05) is 28.4 Å². The van der Waals surface area contributed by atoms with Crippen LogP contribution in [0.25, 0.3) is 16.9 Å². The highest BCUT2D eigenvalue weighted by Gasteiger charge is 2.22. The molecule has 180 valence electrons. The quantitative estimate of drug-likeness (QED) is 0.385. The van der Waals surface area contributed by atoms with E-state index in [1.807, 2.05) is 54.6 Å². The van der Waals surface area contributed by atoms with Gasteiger partial charge in [0, 0.05) is 29.9 Å². The average Bonchev–Trinajstić information content (AvgIpc) is 3.37. The third-order valence-corrected chi connectivity index (χ3v) is 5.57. The number of rotatable bonds is 9. The van der Waals surface area contributed by atoms with Gasteiger partial charge in [-0.1, -0.05) is 18.2 Å². The first-order chi connectivity index (χ1) is 17.1. The summed E-state index contributed by atoms with van der Waals surface area (Å²) in [5.41, 5.74) is 3.18. The molecule has 0 spiro atoms. The largest absolute Gasteiger partial charge is 0.497 e. The number of carbonyl (C=O) groups is 1. The van der Waals surface area contributed by atoms with E-state index in [1.54, 1.807) is 51.5 Å². The minimum absolute atomic E-state index is 0.245. The Morgan fingerprint density at radius 3 is 2.20 bits per heavy atom. The first-order valence-corrected chi connectivity index (χ1v) is 10.9. The second kappa shape index (κ2) is 10.6. The molecule has 4 rings (SSSR count). The summed E-state index contributed by atoms with van der Waals surface area (Å²) in [6.07, 6.45) is 1.71. The molecule has 1 N–H and O–H groups in total. The molecule has 0 saturated carbocycles. The maximum atomic E-state index is 13.4. The van der Waals surface area contributed by atoms with Gasteiger partial charge >= 0.3 is 0 Å². The Balaban J connectivity index is 1.72. The molecule has 4 aromatic rings. The van der Waals surface area contributed by atoms with Crippen molar-refractivity contribution < 1.29 is 23.7 Å². The fourth-order valence-corrected chi connectivity index (χ4v) is 3.74. The van der Waals surface area contributed by atoms with Crippen LogP contribution in [0.1, 0.15) is 15.9 Å². The molecule has 0 unspecified atom stereocenters. The molecule has 0 fully saturated rings. The number of hydrogen-bond donors (Lipinski definition) is 1. The Morgan fingerprint density at radius 2 is 1.51 bits per heavy atom. The van der Waals surface area contributed by atoms with Crippen molar-refractivity contribution >= 4 is 5.91 Å². The van der Waals surface area contributed by atoms with Gasteiger partial charge in [-0.3, -0.25) is 4.79 Å². The van der Waals surface area contributed by atoms with Crippen LogP contribution in [0, 0.1) is 0 Å². The lowest BCUT2D eigenvalue weighted by Crippen LogP contribution is -2.23. The zero-order valence-electron chi connectivity index (χ0n) is 20.1. The van der Waals surface area contributed by atoms with E-state index in [0.717, 1.165) is 11.3 Å². The van der Waals surface area contributed by atoms with Crippen molar-refractivity contribution in [1.82, 2.24) is 15.1 Å². The lowest BCUT2D eigenvalue weighted by atomic mass is 10.1. The van der Waals surface area contributed by atoms with E-state index in [0.29, 0.717) is 39.8 Å². The molecule has 1 heterocycles. The maximum absolute atomic E-state index is 13.4. The van der Waals surface area contributed by atoms with Crippen LogP contribution in [0.3, 0.4) is 0 Å². The van der Waals surface area contributed by atoms with Crippen LogP contribution in [0.4, 0.5) is 0 Å². The van der Waals surface area contributed by atoms with Crippen molar-refractivity contribution in [2.24, 2.45) is 0 Å². The van der Waals surface area contributed by atoms with Gasteiger partial charge in [0.1, 0.15) is 28.7 Å². The highest BCUT2D eigenvalue weighted by molar-refractivity contribution is 6.00. The highest BCUT2D eigenvalue weighted by Crippen LogP contribution is 2.35. The Hall–Kier alpha value is -4.46. The van der Waals surface area contributed by atoms with E-state index >= 15 is 0 Å². The molecule has 0 radical (unpaired) electrons. The van der Waals surface area contributed by atoms with Gasteiger partial charge in [0.2, 0.25) is 0 Å². The van der Waals surface area contributed by atoms with Crippen LogP contribution in [-0.2, 0) is 6.54 Å². The van der Waals surface area contributed by atoms with Crippen LogP contribution in [0.5, 0.6) is 23.0 Å². The van der Waals surface area contributed by atoms with Gasteiger partial charge in [-0.25, -0.2) is 4.68 Å². The predicted octanol–water partition coefficient (Wildman–Crippen LogP) is 4.50. The van der Waals surface area contributed by atoms with Crippen LogP contribution in [0.2, 0.25) is 0 Å². The number of aromatic nitrogens is 2. The Labute approximate surface area is 204 Å². The number of benzene rings is 3. The maximum Gasteiger partial charge on any atom is 0.255 e. The first kappa shape index (κ1) is 23.7. The Morgan fingerprint density at radius 1 is 0.829 bits per heavy atom. The Bertz CT molecular complexity index is 1320. The third kappa shape index (κ3) is 5.06. The van der Waals surface area contributed by atoms with Gasteiger partial charge in [0.15, 0.2) is 0 Å². The molecule has 3 aromatic carbocycles. The second-order valence-electron chi connectivity index (χ2n) is 7.60. The molecule has 0 aliphatic rings. The molecule has 0 bridgehead atoms. The molecule has 1 aromatic heterocycles. The Kier molecular flexibility index (Phi) is 7.21. The topological polar surface area (TPSA) is 83.8 Å². The number of ether oxygens (including phenoxy) is 4. The van der Waals surface area contributed by atoms with Gasteiger partial charge in [0.05, 0.1) is 39.7 Å². The number of nitrogens with zero attached hydrogens (tertiary/aromatic N) is 2. The van der Waals surface area contributed by atoms with Crippen LogP contribution in [0.15, 0.2) is 72.9 Å². The van der Waals surface area contributed by atoms with E-state index in [9.17, 15) is 4.79 Å². The number of hydrogen-bond acceptors (Lipinski definition) is 6. The van der Waals surface area contributed by atoms with Crippen LogP contribution < -0.4 is 24.3 Å². The fourth-order valence-electron chi connectivity index (χ4n) is 3.74. The SMILES string of the molecule is COc1ccc(OC)c(CNC(=O)c2cn(-c3ccccc3)nc2-c2ccc(OC)cc2OC)c1. The molecular formula is C27H27N3O5. The van der Waals surface area contributed by atoms with E-state index < -0.39 is 0 Å². The summed E-state index contributed by atoms with van der Waals surface area (Å²) >= 11 is 0. The van der Waals surface area contributed by atoms with Gasteiger partial charge in [0.25, 0.3) is 5.91 Å². The van der Waals surface area contributed by atoms with Crippen molar-refractivity contribution in [3.8, 4) is 39.9 Å². The molecule has 0 aliphatic carbocycles. The molecule has 0 saturated heterocycles. The molecule has 8 heteroatoms. The summed E-state index contributed by atoms with van der Waals surface area (Å²) in [5, 5.41) is 7.73. The average molecular weight is 474 g/mol. The minimum Gasteiger partial charge on any atom is -0.497 e. The summed E-state index contributed by atoms with van der Waals surface area (Å²) in [4.78, 5) is 13.4. The van der Waals surface area contributed by atoms with Gasteiger partial charge in [-0.05, 0) is 42.5 Å². The first-order valence-electron chi connectivity index (χ1n) is 10.9. The number of carbonyl (C=O) groups excluding carboxylic acids is 1. The zero-order valence-corrected chi connectivity index (χ0v) is 20.1. The van der Waals surface area contributed by atoms with E-state index in [2.05, 4.69) is 5.32 Å². The number of methoxy groups -OCH3 is 4. The van der Waals surface area contributed by atoms with Crippen molar-refractivity contribution in [3.05, 3.63) is 84.1 Å². The van der Waals surface area contributed by atoms with Crippen LogP contribution >= 0.6 is 0 Å². The van der Waals surface area contributed by atoms with Crippen LogP contribution in [-0.4, -0.2) is 44.1 Å². The standard InChI is InChI=1S/C27H27N3O5/c1-32-20-11-13-24(34-3)18(14-20)16-28-27(31)23-17-30(19-8-6-5-7-9-19)29-26(23)22-12-10-21(33-2)15-25(22)35-4/h5-15,17H,16H2,1-4H3,(H,28,31). The summed E-state index contributed by atoms with van der Waals surface area (Å²) in [5.74, 6) is 2.24. The lowest BCUT2D eigenvalue weighted by Gasteiger charge is -2.12. The summed E-state index contributed by atoms with van der Waals surface area (Å²) in [6.45, 7) is 0.245. The summed E-state index contributed by atoms with van der Waals surface area (Å²) in [7, 11) is 6.34. The van der Waals surface area contributed by atoms with E-state index in [4.69, 9.17) is 24.0 Å². The third-order valence-electron chi connectivity index (χ3n) is 5.57. The summed E-state index contributed by atoms with van der Waals surface area (Å²) in [6, 6.07) is 20.5. The van der Waals surface area contributed by atoms with Gasteiger partial charge in [-0.15, -0.1) is 0 Å². The molecule has 0 aliphatic heterocycles. The highest BCUT2D eigenvalue weighted by atomic mass is 16.5. The van der Waals surface area contributed by atoms with Crippen molar-refractivity contribution in [1.29, 1.82) is 0 Å². The normalized spacial score (nSPS) is 10.5. The minimum atomic E-state index is -0.287. The van der Waals surface area contributed by atoms with Gasteiger partial charge in [-0.2, -0.15) is 5.10 Å². The number of para-hydroxylation sites is 1. The lowest BCUT2D eigenvalue weighted by molar-refractivity contribution is 0.0951. The fraction of sp³-hybridized carbons (Fsp3) is 0.185. The molecular weight excluding hydrogens is 446 g/mol. The molecule has 35 heavy (non-hydrogen) atoms. The monoisotopic (exact) mass is 473 g/mol. The number of nitrogens with one attached hydrogen (secondary N) is 1. The second-order valence-corrected chi connectivity index (χ2v) is 7.60. The molecule has 8 nitrogen and oxygen atoms in total. The smallest absolute Gasteiger partial charge is 0.255 e. The molecule has 0 atom stereocenters. The van der Waals surface area contributed by atoms with E-state index in [-0.39, 0.29) is 12.5 Å². The summed E-state index contributed by atoms with van der Waals surface area (Å²) < 4.78 is 23.3. The van der Waals surface area contributed by atoms with Crippen molar-refractivity contribution in [3.63, 3.8) is 0 Å². The van der Waals surface area contributed by atoms with Gasteiger partial charge < -0.3 is 24.3 Å². The number of amides is 1.